The highest BCUT2D eigenvalue weighted by Gasteiger charge is 2.25. The van der Waals surface area contributed by atoms with Gasteiger partial charge in [0, 0.05) is 43.2 Å². The minimum absolute atomic E-state index is 0.328. The molecule has 8 heteroatoms. The van der Waals surface area contributed by atoms with Crippen molar-refractivity contribution in [2.24, 2.45) is 7.05 Å². The molecule has 3 aromatic rings. The molecule has 136 valence electrons. The molecule has 4 rings (SSSR count). The summed E-state index contributed by atoms with van der Waals surface area (Å²) in [6.07, 6.45) is 5.58. The summed E-state index contributed by atoms with van der Waals surface area (Å²) in [6, 6.07) is 3.60. The molecule has 0 amide bonds. The van der Waals surface area contributed by atoms with Crippen molar-refractivity contribution in [2.75, 3.05) is 13.1 Å². The van der Waals surface area contributed by atoms with Crippen LogP contribution in [0, 0.1) is 11.6 Å². The van der Waals surface area contributed by atoms with Crippen LogP contribution in [0.25, 0.3) is 11.3 Å². The smallest absolute Gasteiger partial charge is 0.136 e. The fourth-order valence-electron chi connectivity index (χ4n) is 3.67. The van der Waals surface area contributed by atoms with E-state index in [1.807, 2.05) is 11.6 Å². The van der Waals surface area contributed by atoms with Crippen LogP contribution in [0.5, 0.6) is 0 Å². The third kappa shape index (κ3) is 3.24. The summed E-state index contributed by atoms with van der Waals surface area (Å²) in [6.45, 7) is 2.48. The van der Waals surface area contributed by atoms with Gasteiger partial charge in [0.15, 0.2) is 0 Å². The molecule has 1 aliphatic heterocycles. The Morgan fingerprint density at radius 3 is 2.96 bits per heavy atom. The van der Waals surface area contributed by atoms with Gasteiger partial charge in [0.05, 0.1) is 11.9 Å². The largest absolute Gasteiger partial charge is 0.320 e. The topological polar surface area (TPSA) is 62.6 Å². The number of rotatable bonds is 4. The number of aryl methyl sites for hydroxylation is 1. The number of hydrogen-bond donors (Lipinski definition) is 1. The maximum Gasteiger partial charge on any atom is 0.136 e. The Morgan fingerprint density at radius 1 is 1.31 bits per heavy atom. The Bertz CT molecular complexity index is 903. The van der Waals surface area contributed by atoms with Crippen molar-refractivity contribution >= 4 is 0 Å². The Kier molecular flexibility index (Phi) is 4.50. The van der Waals surface area contributed by atoms with Crippen LogP contribution in [0.2, 0.25) is 0 Å². The van der Waals surface area contributed by atoms with Crippen molar-refractivity contribution in [3.05, 3.63) is 53.7 Å². The van der Waals surface area contributed by atoms with Crippen molar-refractivity contribution in [3.63, 3.8) is 0 Å². The first-order valence-electron chi connectivity index (χ1n) is 8.65. The molecular weight excluding hydrogens is 338 g/mol. The Hall–Kier alpha value is -2.61. The molecule has 1 N–H and O–H groups in total. The molecule has 26 heavy (non-hydrogen) atoms. The van der Waals surface area contributed by atoms with Crippen molar-refractivity contribution in [2.45, 2.75) is 25.3 Å². The molecule has 1 fully saturated rings. The fraction of sp³-hybridized carbons (Fsp3) is 0.389. The molecule has 0 radical (unpaired) electrons. The molecular formula is C18H20F2N6. The molecule has 6 nitrogen and oxygen atoms in total. The second kappa shape index (κ2) is 6.95. The molecule has 2 aromatic heterocycles. The summed E-state index contributed by atoms with van der Waals surface area (Å²) in [5, 5.41) is 15.1. The van der Waals surface area contributed by atoms with E-state index >= 15 is 0 Å². The second-order valence-electron chi connectivity index (χ2n) is 6.77. The standard InChI is InChI=1S/C18H20F2N6/c1-25-11-22-24-18(25)12-3-2-6-26(9-12)10-13-8-21-23-17(13)15-5-4-14(19)7-16(15)20/h4-5,7-8,11-12H,2-3,6,9-10H2,1H3,(H,21,23). The van der Waals surface area contributed by atoms with E-state index in [0.717, 1.165) is 43.4 Å². The van der Waals surface area contributed by atoms with Crippen molar-refractivity contribution < 1.29 is 8.78 Å². The summed E-state index contributed by atoms with van der Waals surface area (Å²) in [5.41, 5.74) is 1.83. The normalized spacial score (nSPS) is 18.3. The Morgan fingerprint density at radius 2 is 2.19 bits per heavy atom. The van der Waals surface area contributed by atoms with Crippen molar-refractivity contribution in [3.8, 4) is 11.3 Å². The number of halogens is 2. The van der Waals surface area contributed by atoms with Crippen LogP contribution in [0.4, 0.5) is 8.78 Å². The lowest BCUT2D eigenvalue weighted by Gasteiger charge is -2.32. The van der Waals surface area contributed by atoms with Gasteiger partial charge < -0.3 is 4.57 Å². The molecule has 3 heterocycles. The summed E-state index contributed by atoms with van der Waals surface area (Å²) in [5.74, 6) is 0.141. The highest BCUT2D eigenvalue weighted by molar-refractivity contribution is 5.63. The van der Waals surface area contributed by atoms with Gasteiger partial charge in [-0.15, -0.1) is 10.2 Å². The lowest BCUT2D eigenvalue weighted by atomic mass is 9.96. The average molecular weight is 358 g/mol. The molecule has 0 saturated carbocycles. The summed E-state index contributed by atoms with van der Waals surface area (Å²) >= 11 is 0. The SMILES string of the molecule is Cn1cnnc1C1CCCN(Cc2cn[nH]c2-c2ccc(F)cc2F)C1. The number of likely N-dealkylation sites (tertiary alicyclic amines) is 1. The van der Waals surface area contributed by atoms with Gasteiger partial charge in [0.1, 0.15) is 23.8 Å². The highest BCUT2D eigenvalue weighted by atomic mass is 19.1. The molecule has 1 unspecified atom stereocenters. The maximum atomic E-state index is 14.1. The zero-order valence-corrected chi connectivity index (χ0v) is 14.5. The minimum atomic E-state index is -0.592. The van der Waals surface area contributed by atoms with Crippen LogP contribution in [0.3, 0.4) is 0 Å². The lowest BCUT2D eigenvalue weighted by molar-refractivity contribution is 0.195. The minimum Gasteiger partial charge on any atom is -0.320 e. The number of H-pyrrole nitrogens is 1. The average Bonchev–Trinajstić information content (AvgIpc) is 3.24. The van der Waals surface area contributed by atoms with Gasteiger partial charge in [-0.1, -0.05) is 0 Å². The zero-order valence-electron chi connectivity index (χ0n) is 14.5. The quantitative estimate of drug-likeness (QED) is 0.779. The number of aromatic amines is 1. The molecule has 0 spiro atoms. The van der Waals surface area contributed by atoms with Crippen molar-refractivity contribution in [1.29, 1.82) is 0 Å². The van der Waals surface area contributed by atoms with E-state index in [4.69, 9.17) is 0 Å². The van der Waals surface area contributed by atoms with E-state index < -0.39 is 11.6 Å². The molecule has 0 bridgehead atoms. The third-order valence-electron chi connectivity index (χ3n) is 4.93. The zero-order chi connectivity index (χ0) is 18.1. The van der Waals surface area contributed by atoms with Gasteiger partial charge in [0.2, 0.25) is 0 Å². The van der Waals surface area contributed by atoms with Crippen LogP contribution < -0.4 is 0 Å². The van der Waals surface area contributed by atoms with Gasteiger partial charge in [0.25, 0.3) is 0 Å². The van der Waals surface area contributed by atoms with Crippen molar-refractivity contribution in [1.82, 2.24) is 29.9 Å². The number of nitrogens with zero attached hydrogens (tertiary/aromatic N) is 5. The van der Waals surface area contributed by atoms with E-state index in [2.05, 4.69) is 25.3 Å². The van der Waals surface area contributed by atoms with Gasteiger partial charge in [-0.2, -0.15) is 5.10 Å². The van der Waals surface area contributed by atoms with Crippen LogP contribution >= 0.6 is 0 Å². The van der Waals surface area contributed by atoms with Crippen LogP contribution in [0.1, 0.15) is 30.1 Å². The van der Waals surface area contributed by atoms with E-state index in [-0.39, 0.29) is 0 Å². The molecule has 1 aromatic carbocycles. The third-order valence-corrected chi connectivity index (χ3v) is 4.93. The molecule has 0 aliphatic carbocycles. The van der Waals surface area contributed by atoms with Crippen LogP contribution in [-0.4, -0.2) is 43.0 Å². The first-order chi connectivity index (χ1) is 12.6. The summed E-state index contributed by atoms with van der Waals surface area (Å²) < 4.78 is 29.3. The summed E-state index contributed by atoms with van der Waals surface area (Å²) in [7, 11) is 1.96. The summed E-state index contributed by atoms with van der Waals surface area (Å²) in [4.78, 5) is 2.32. The number of hydrogen-bond acceptors (Lipinski definition) is 4. The highest BCUT2D eigenvalue weighted by Crippen LogP contribution is 2.29. The predicted molar refractivity (Wildman–Crippen MR) is 92.2 cm³/mol. The van der Waals surface area contributed by atoms with E-state index in [1.165, 1.54) is 12.1 Å². The number of nitrogens with one attached hydrogen (secondary N) is 1. The lowest BCUT2D eigenvalue weighted by Crippen LogP contribution is -2.34. The van der Waals surface area contributed by atoms with Gasteiger partial charge in [-0.05, 0) is 31.5 Å². The number of piperidine rings is 1. The molecule has 1 saturated heterocycles. The predicted octanol–water partition coefficient (Wildman–Crippen LogP) is 2.86. The second-order valence-corrected chi connectivity index (χ2v) is 6.77. The number of aromatic nitrogens is 5. The molecule has 1 aliphatic rings. The van der Waals surface area contributed by atoms with E-state index in [1.54, 1.807) is 12.5 Å². The van der Waals surface area contributed by atoms with Crippen LogP contribution in [0.15, 0.2) is 30.7 Å². The molecule has 1 atom stereocenters. The first-order valence-corrected chi connectivity index (χ1v) is 8.65. The first kappa shape index (κ1) is 16.8. The van der Waals surface area contributed by atoms with Crippen LogP contribution in [-0.2, 0) is 13.6 Å². The van der Waals surface area contributed by atoms with E-state index in [9.17, 15) is 8.78 Å². The van der Waals surface area contributed by atoms with Gasteiger partial charge >= 0.3 is 0 Å². The van der Waals surface area contributed by atoms with Gasteiger partial charge in [-0.25, -0.2) is 8.78 Å². The Balaban J connectivity index is 1.53. The maximum absolute atomic E-state index is 14.1. The van der Waals surface area contributed by atoms with E-state index in [0.29, 0.717) is 23.7 Å². The Labute approximate surface area is 149 Å². The fourth-order valence-corrected chi connectivity index (χ4v) is 3.67. The van der Waals surface area contributed by atoms with Gasteiger partial charge in [-0.3, -0.25) is 10.00 Å². The number of benzene rings is 1. The monoisotopic (exact) mass is 358 g/mol.